The molecule has 0 fully saturated rings. The van der Waals surface area contributed by atoms with Gasteiger partial charge in [-0.15, -0.1) is 0 Å². The third kappa shape index (κ3) is 6.11. The summed E-state index contributed by atoms with van der Waals surface area (Å²) in [6.07, 6.45) is 4.64. The second-order valence-electron chi connectivity index (χ2n) is 6.56. The number of aryl methyl sites for hydroxylation is 2. The number of methoxy groups -OCH3 is 2. The minimum Gasteiger partial charge on any atom is -0.356 e. The number of carbonyl (C=O) groups excluding carboxylic acids is 1. The highest BCUT2D eigenvalue weighted by atomic mass is 16.7. The first-order valence-electron chi connectivity index (χ1n) is 8.81. The predicted molar refractivity (Wildman–Crippen MR) is 100 cm³/mol. The van der Waals surface area contributed by atoms with Crippen LogP contribution in [0.3, 0.4) is 0 Å². The van der Waals surface area contributed by atoms with Crippen LogP contribution >= 0.6 is 0 Å². The number of carbonyl (C=O) groups is 1. The lowest BCUT2D eigenvalue weighted by molar-refractivity contribution is -0.140. The zero-order valence-corrected chi connectivity index (χ0v) is 15.2. The van der Waals surface area contributed by atoms with E-state index >= 15 is 0 Å². The van der Waals surface area contributed by atoms with E-state index in [9.17, 15) is 4.79 Å². The molecule has 0 radical (unpaired) electrons. The standard InChI is InChI=1S/C22H28O3/c1-24-21(25-2)17-22(18-23,15-13-19-9-5-3-6-10-19)16-14-20-11-7-4-8-12-20/h3-12,18,21H,13-17H2,1-2H3. The van der Waals surface area contributed by atoms with Crippen molar-refractivity contribution in [3.05, 3.63) is 71.8 Å². The first-order valence-corrected chi connectivity index (χ1v) is 8.81. The summed E-state index contributed by atoms with van der Waals surface area (Å²) in [4.78, 5) is 12.1. The highest BCUT2D eigenvalue weighted by Crippen LogP contribution is 2.34. The fraction of sp³-hybridized carbons (Fsp3) is 0.409. The number of benzene rings is 2. The molecule has 2 aromatic rings. The molecule has 0 saturated carbocycles. The molecular weight excluding hydrogens is 312 g/mol. The van der Waals surface area contributed by atoms with Crippen molar-refractivity contribution < 1.29 is 14.3 Å². The van der Waals surface area contributed by atoms with Crippen molar-refractivity contribution in [1.82, 2.24) is 0 Å². The van der Waals surface area contributed by atoms with Gasteiger partial charge in [-0.25, -0.2) is 0 Å². The molecule has 0 atom stereocenters. The van der Waals surface area contributed by atoms with E-state index in [-0.39, 0.29) is 6.29 Å². The summed E-state index contributed by atoms with van der Waals surface area (Å²) in [7, 11) is 3.25. The van der Waals surface area contributed by atoms with Gasteiger partial charge in [-0.3, -0.25) is 0 Å². The SMILES string of the molecule is COC(CC(C=O)(CCc1ccccc1)CCc1ccccc1)OC. The minimum absolute atomic E-state index is 0.364. The van der Waals surface area contributed by atoms with E-state index in [2.05, 4.69) is 24.3 Å². The van der Waals surface area contributed by atoms with Crippen LogP contribution in [0.1, 0.15) is 30.4 Å². The number of rotatable bonds is 11. The fourth-order valence-corrected chi connectivity index (χ4v) is 3.17. The van der Waals surface area contributed by atoms with Gasteiger partial charge in [-0.1, -0.05) is 60.7 Å². The van der Waals surface area contributed by atoms with Crippen molar-refractivity contribution >= 4 is 6.29 Å². The molecule has 0 N–H and O–H groups in total. The minimum atomic E-state index is -0.456. The first kappa shape index (κ1) is 19.4. The normalized spacial score (nSPS) is 11.6. The molecule has 3 nitrogen and oxygen atoms in total. The average Bonchev–Trinajstić information content (AvgIpc) is 2.69. The second kappa shape index (κ2) is 10.1. The highest BCUT2D eigenvalue weighted by molar-refractivity contribution is 5.59. The molecule has 0 aliphatic carbocycles. The highest BCUT2D eigenvalue weighted by Gasteiger charge is 2.32. The zero-order chi connectivity index (χ0) is 18.0. The molecule has 2 rings (SSSR count). The van der Waals surface area contributed by atoms with E-state index in [0.29, 0.717) is 6.42 Å². The number of ether oxygens (including phenoxy) is 2. The van der Waals surface area contributed by atoms with E-state index in [4.69, 9.17) is 9.47 Å². The Kier molecular flexibility index (Phi) is 7.83. The quantitative estimate of drug-likeness (QED) is 0.448. The molecule has 25 heavy (non-hydrogen) atoms. The van der Waals surface area contributed by atoms with Crippen LogP contribution in [0.25, 0.3) is 0 Å². The van der Waals surface area contributed by atoms with Crippen molar-refractivity contribution in [2.45, 2.75) is 38.4 Å². The molecule has 134 valence electrons. The molecule has 0 heterocycles. The van der Waals surface area contributed by atoms with Gasteiger partial charge in [0.15, 0.2) is 6.29 Å². The Morgan fingerprint density at radius 2 is 1.28 bits per heavy atom. The van der Waals surface area contributed by atoms with Crippen LogP contribution in [-0.4, -0.2) is 26.8 Å². The molecule has 0 aliphatic rings. The Labute approximate surface area is 151 Å². The molecule has 3 heteroatoms. The van der Waals surface area contributed by atoms with Gasteiger partial charge in [0.05, 0.1) is 0 Å². The van der Waals surface area contributed by atoms with Gasteiger partial charge < -0.3 is 14.3 Å². The summed E-state index contributed by atoms with van der Waals surface area (Å²) >= 11 is 0. The fourth-order valence-electron chi connectivity index (χ4n) is 3.17. The smallest absolute Gasteiger partial charge is 0.157 e. The van der Waals surface area contributed by atoms with Crippen LogP contribution in [0.15, 0.2) is 60.7 Å². The van der Waals surface area contributed by atoms with Gasteiger partial charge in [0.2, 0.25) is 0 Å². The van der Waals surface area contributed by atoms with Crippen molar-refractivity contribution in [2.24, 2.45) is 5.41 Å². The predicted octanol–water partition coefficient (Wildman–Crippen LogP) is 4.45. The van der Waals surface area contributed by atoms with Gasteiger partial charge in [0.1, 0.15) is 6.29 Å². The van der Waals surface area contributed by atoms with Crippen molar-refractivity contribution in [3.63, 3.8) is 0 Å². The van der Waals surface area contributed by atoms with E-state index in [0.717, 1.165) is 32.0 Å². The molecule has 0 unspecified atom stereocenters. The van der Waals surface area contributed by atoms with E-state index in [1.165, 1.54) is 11.1 Å². The maximum atomic E-state index is 12.1. The first-order chi connectivity index (χ1) is 12.2. The number of hydrogen-bond acceptors (Lipinski definition) is 3. The molecular formula is C22H28O3. The van der Waals surface area contributed by atoms with Gasteiger partial charge in [-0.2, -0.15) is 0 Å². The summed E-state index contributed by atoms with van der Waals surface area (Å²) in [6, 6.07) is 20.6. The van der Waals surface area contributed by atoms with E-state index < -0.39 is 5.41 Å². The summed E-state index contributed by atoms with van der Waals surface area (Å²) in [5.74, 6) is 0. The van der Waals surface area contributed by atoms with Gasteiger partial charge in [0.25, 0.3) is 0 Å². The van der Waals surface area contributed by atoms with E-state index in [1.807, 2.05) is 36.4 Å². The zero-order valence-electron chi connectivity index (χ0n) is 15.2. The molecule has 0 amide bonds. The van der Waals surface area contributed by atoms with Crippen LogP contribution in [0, 0.1) is 5.41 Å². The number of aldehydes is 1. The molecule has 2 aromatic carbocycles. The van der Waals surface area contributed by atoms with Crippen LogP contribution in [0.5, 0.6) is 0 Å². The Bertz CT molecular complexity index is 562. The molecule has 0 aliphatic heterocycles. The lowest BCUT2D eigenvalue weighted by Crippen LogP contribution is -2.31. The van der Waals surface area contributed by atoms with Crippen LogP contribution in [0.2, 0.25) is 0 Å². The van der Waals surface area contributed by atoms with Crippen LogP contribution < -0.4 is 0 Å². The third-order valence-corrected chi connectivity index (χ3v) is 4.86. The van der Waals surface area contributed by atoms with Crippen LogP contribution in [0.4, 0.5) is 0 Å². The average molecular weight is 340 g/mol. The summed E-state index contributed by atoms with van der Waals surface area (Å²) in [5, 5.41) is 0. The van der Waals surface area contributed by atoms with E-state index in [1.54, 1.807) is 14.2 Å². The maximum absolute atomic E-state index is 12.1. The van der Waals surface area contributed by atoms with Crippen LogP contribution in [-0.2, 0) is 27.1 Å². The van der Waals surface area contributed by atoms with Gasteiger partial charge in [-0.05, 0) is 36.8 Å². The van der Waals surface area contributed by atoms with Gasteiger partial charge >= 0.3 is 0 Å². The lowest BCUT2D eigenvalue weighted by Gasteiger charge is -2.31. The van der Waals surface area contributed by atoms with Crippen molar-refractivity contribution in [3.8, 4) is 0 Å². The van der Waals surface area contributed by atoms with Crippen molar-refractivity contribution in [2.75, 3.05) is 14.2 Å². The number of hydrogen-bond donors (Lipinski definition) is 0. The topological polar surface area (TPSA) is 35.5 Å². The lowest BCUT2D eigenvalue weighted by atomic mass is 9.75. The Morgan fingerprint density at radius 1 is 0.840 bits per heavy atom. The molecule has 0 aromatic heterocycles. The summed E-state index contributed by atoms with van der Waals surface area (Å²) in [5.41, 5.74) is 2.04. The Balaban J connectivity index is 2.11. The molecule has 0 bridgehead atoms. The third-order valence-electron chi connectivity index (χ3n) is 4.86. The maximum Gasteiger partial charge on any atom is 0.157 e. The van der Waals surface area contributed by atoms with Crippen molar-refractivity contribution in [1.29, 1.82) is 0 Å². The largest absolute Gasteiger partial charge is 0.356 e. The molecule has 0 saturated heterocycles. The summed E-state index contributed by atoms with van der Waals surface area (Å²) in [6.45, 7) is 0. The Hall–Kier alpha value is -1.97. The second-order valence-corrected chi connectivity index (χ2v) is 6.56. The molecule has 0 spiro atoms. The Morgan fingerprint density at radius 3 is 1.64 bits per heavy atom. The van der Waals surface area contributed by atoms with Gasteiger partial charge in [0, 0.05) is 26.1 Å². The summed E-state index contributed by atoms with van der Waals surface area (Å²) < 4.78 is 10.8. The monoisotopic (exact) mass is 340 g/mol.